The largest absolute Gasteiger partial charge is 0.426 e. The molecule has 3 rings (SSSR count). The lowest BCUT2D eigenvalue weighted by molar-refractivity contribution is -0.139. The molecular formula is C21H24N2O3. The van der Waals surface area contributed by atoms with Gasteiger partial charge in [0.2, 0.25) is 0 Å². The van der Waals surface area contributed by atoms with Crippen molar-refractivity contribution in [2.75, 3.05) is 5.32 Å². The lowest BCUT2D eigenvalue weighted by atomic mass is 9.98. The molecule has 1 aromatic carbocycles. The predicted molar refractivity (Wildman–Crippen MR) is 103 cm³/mol. The number of carbonyl (C=O) groups is 2. The monoisotopic (exact) mass is 352 g/mol. The van der Waals surface area contributed by atoms with Gasteiger partial charge in [0.15, 0.2) is 0 Å². The maximum atomic E-state index is 12.5. The van der Waals surface area contributed by atoms with Crippen LogP contribution in [0.1, 0.15) is 50.8 Å². The van der Waals surface area contributed by atoms with E-state index in [0.29, 0.717) is 11.3 Å². The van der Waals surface area contributed by atoms with Crippen LogP contribution in [0.4, 0.5) is 5.69 Å². The minimum Gasteiger partial charge on any atom is -0.426 e. The van der Waals surface area contributed by atoms with Crippen LogP contribution in [0.2, 0.25) is 0 Å². The van der Waals surface area contributed by atoms with Crippen molar-refractivity contribution >= 4 is 29.2 Å². The van der Waals surface area contributed by atoms with Gasteiger partial charge in [-0.1, -0.05) is 26.7 Å². The smallest absolute Gasteiger partial charge is 0.314 e. The van der Waals surface area contributed by atoms with Crippen LogP contribution in [-0.4, -0.2) is 16.9 Å². The maximum absolute atomic E-state index is 12.5. The summed E-state index contributed by atoms with van der Waals surface area (Å²) in [6, 6.07) is 9.03. The van der Waals surface area contributed by atoms with E-state index in [0.717, 1.165) is 42.6 Å². The van der Waals surface area contributed by atoms with Gasteiger partial charge in [-0.05, 0) is 49.2 Å². The molecule has 0 atom stereocenters. The van der Waals surface area contributed by atoms with Gasteiger partial charge in [0.1, 0.15) is 5.75 Å². The van der Waals surface area contributed by atoms with Gasteiger partial charge < -0.3 is 15.0 Å². The van der Waals surface area contributed by atoms with E-state index in [9.17, 15) is 9.59 Å². The third kappa shape index (κ3) is 3.87. The molecule has 0 radical (unpaired) electrons. The van der Waals surface area contributed by atoms with Crippen LogP contribution in [-0.2, 0) is 9.59 Å². The van der Waals surface area contributed by atoms with Crippen molar-refractivity contribution in [2.24, 2.45) is 5.92 Å². The summed E-state index contributed by atoms with van der Waals surface area (Å²) >= 11 is 0. The third-order valence-electron chi connectivity index (χ3n) is 4.52. The van der Waals surface area contributed by atoms with E-state index in [1.807, 2.05) is 12.1 Å². The van der Waals surface area contributed by atoms with Gasteiger partial charge in [0.25, 0.3) is 5.91 Å². The summed E-state index contributed by atoms with van der Waals surface area (Å²) in [5, 5.41) is 2.84. The second-order valence-electron chi connectivity index (χ2n) is 6.54. The summed E-state index contributed by atoms with van der Waals surface area (Å²) in [6.07, 6.45) is 7.16. The number of carbonyl (C=O) groups excluding carboxylic acids is 2. The van der Waals surface area contributed by atoms with Gasteiger partial charge in [-0.25, -0.2) is 0 Å². The second kappa shape index (κ2) is 8.04. The molecule has 0 spiro atoms. The van der Waals surface area contributed by atoms with Crippen molar-refractivity contribution in [3.05, 3.63) is 47.8 Å². The zero-order chi connectivity index (χ0) is 18.5. The van der Waals surface area contributed by atoms with Crippen LogP contribution in [0.3, 0.4) is 0 Å². The molecule has 2 N–H and O–H groups in total. The molecule has 0 fully saturated rings. The molecule has 5 heteroatoms. The zero-order valence-electron chi connectivity index (χ0n) is 15.2. The lowest BCUT2D eigenvalue weighted by Gasteiger charge is -2.14. The van der Waals surface area contributed by atoms with Crippen LogP contribution >= 0.6 is 0 Å². The molecule has 1 aromatic heterocycles. The number of nitrogens with one attached hydrogen (secondary N) is 2. The number of aromatic amines is 1. The van der Waals surface area contributed by atoms with E-state index in [2.05, 4.69) is 24.1 Å². The fourth-order valence-corrected chi connectivity index (χ4v) is 3.24. The number of H-pyrrole nitrogens is 1. The molecule has 1 aliphatic rings. The Morgan fingerprint density at radius 3 is 2.62 bits per heavy atom. The first-order valence-electron chi connectivity index (χ1n) is 9.15. The van der Waals surface area contributed by atoms with Gasteiger partial charge in [0.05, 0.1) is 11.5 Å². The van der Waals surface area contributed by atoms with Crippen molar-refractivity contribution in [3.63, 3.8) is 0 Å². The molecule has 136 valence electrons. The van der Waals surface area contributed by atoms with Crippen LogP contribution in [0.25, 0.3) is 11.6 Å². The van der Waals surface area contributed by atoms with Crippen molar-refractivity contribution in [2.45, 2.75) is 39.5 Å². The first kappa shape index (κ1) is 18.0. The molecule has 0 saturated carbocycles. The molecule has 26 heavy (non-hydrogen) atoms. The first-order chi connectivity index (χ1) is 12.6. The van der Waals surface area contributed by atoms with Gasteiger partial charge in [-0.15, -0.1) is 0 Å². The molecule has 5 nitrogen and oxygen atoms in total. The van der Waals surface area contributed by atoms with Crippen molar-refractivity contribution in [3.8, 4) is 5.75 Å². The highest BCUT2D eigenvalue weighted by Gasteiger charge is 2.26. The molecular weight excluding hydrogens is 328 g/mol. The number of rotatable bonds is 7. The summed E-state index contributed by atoms with van der Waals surface area (Å²) in [4.78, 5) is 27.8. The van der Waals surface area contributed by atoms with E-state index in [1.54, 1.807) is 30.5 Å². The fraction of sp³-hybridized carbons (Fsp3) is 0.333. The molecule has 0 unspecified atom stereocenters. The molecule has 1 aliphatic heterocycles. The zero-order valence-corrected chi connectivity index (χ0v) is 15.2. The molecule has 1 amide bonds. The number of benzene rings is 1. The summed E-state index contributed by atoms with van der Waals surface area (Å²) in [6.45, 7) is 4.14. The quantitative estimate of drug-likeness (QED) is 0.433. The molecule has 0 saturated heterocycles. The Labute approximate surface area is 153 Å². The average molecular weight is 352 g/mol. The Morgan fingerprint density at radius 1 is 1.19 bits per heavy atom. The fourth-order valence-electron chi connectivity index (χ4n) is 3.24. The van der Waals surface area contributed by atoms with Crippen molar-refractivity contribution in [1.29, 1.82) is 0 Å². The molecule has 2 heterocycles. The van der Waals surface area contributed by atoms with Crippen LogP contribution in [0.15, 0.2) is 36.5 Å². The standard InChI is InChI=1S/C21H24N2O3/c1-3-6-14(7-4-2)21(25)26-16-9-10-19-17(13-16)18(20(24)23-19)12-15-8-5-11-22-15/h5,8-14,22H,3-4,6-7H2,1-2H3,(H,23,24). The SMILES string of the molecule is CCCC(CCC)C(=O)Oc1ccc2c(c1)C(=Cc1ccc[nH]1)C(=O)N2. The van der Waals surface area contributed by atoms with Gasteiger partial charge in [-0.2, -0.15) is 0 Å². The minimum absolute atomic E-state index is 0.0769. The predicted octanol–water partition coefficient (Wildman–Crippen LogP) is 4.63. The van der Waals surface area contributed by atoms with Crippen LogP contribution in [0, 0.1) is 5.92 Å². The third-order valence-corrected chi connectivity index (χ3v) is 4.52. The molecule has 2 aromatic rings. The number of fused-ring (bicyclic) bond motifs is 1. The Bertz CT molecular complexity index is 816. The Balaban J connectivity index is 1.83. The highest BCUT2D eigenvalue weighted by atomic mass is 16.5. The number of ether oxygens (including phenoxy) is 1. The highest BCUT2D eigenvalue weighted by Crippen LogP contribution is 2.36. The van der Waals surface area contributed by atoms with Gasteiger partial charge >= 0.3 is 5.97 Å². The Hall–Kier alpha value is -2.82. The van der Waals surface area contributed by atoms with Crippen molar-refractivity contribution < 1.29 is 14.3 Å². The number of hydrogen-bond acceptors (Lipinski definition) is 3. The molecule has 0 bridgehead atoms. The van der Waals surface area contributed by atoms with E-state index < -0.39 is 0 Å². The number of amides is 1. The summed E-state index contributed by atoms with van der Waals surface area (Å²) in [5.74, 6) is 0.0422. The normalized spacial score (nSPS) is 14.6. The van der Waals surface area contributed by atoms with Crippen LogP contribution < -0.4 is 10.1 Å². The number of aromatic nitrogens is 1. The summed E-state index contributed by atoms with van der Waals surface area (Å²) in [7, 11) is 0. The van der Waals surface area contributed by atoms with E-state index >= 15 is 0 Å². The molecule has 0 aliphatic carbocycles. The number of anilines is 1. The maximum Gasteiger partial charge on any atom is 0.314 e. The van der Waals surface area contributed by atoms with E-state index in [-0.39, 0.29) is 17.8 Å². The van der Waals surface area contributed by atoms with E-state index in [1.165, 1.54) is 0 Å². The minimum atomic E-state index is -0.194. The number of esters is 1. The summed E-state index contributed by atoms with van der Waals surface area (Å²) in [5.41, 5.74) is 2.87. The van der Waals surface area contributed by atoms with Crippen LogP contribution in [0.5, 0.6) is 5.75 Å². The van der Waals surface area contributed by atoms with Gasteiger partial charge in [-0.3, -0.25) is 9.59 Å². The topological polar surface area (TPSA) is 71.2 Å². The number of hydrogen-bond donors (Lipinski definition) is 2. The summed E-state index contributed by atoms with van der Waals surface area (Å²) < 4.78 is 5.61. The Kier molecular flexibility index (Phi) is 5.56. The highest BCUT2D eigenvalue weighted by molar-refractivity contribution is 6.34. The second-order valence-corrected chi connectivity index (χ2v) is 6.54. The van der Waals surface area contributed by atoms with Crippen molar-refractivity contribution in [1.82, 2.24) is 4.98 Å². The Morgan fingerprint density at radius 2 is 1.96 bits per heavy atom. The van der Waals surface area contributed by atoms with E-state index in [4.69, 9.17) is 4.74 Å². The van der Waals surface area contributed by atoms with Gasteiger partial charge in [0, 0.05) is 23.1 Å². The first-order valence-corrected chi connectivity index (χ1v) is 9.15. The average Bonchev–Trinajstić information content (AvgIpc) is 3.24. The lowest BCUT2D eigenvalue weighted by Crippen LogP contribution is -2.20.